The lowest BCUT2D eigenvalue weighted by Crippen LogP contribution is -2.29. The van der Waals surface area contributed by atoms with E-state index >= 15 is 0 Å². The van der Waals surface area contributed by atoms with E-state index in [4.69, 9.17) is 5.11 Å². The Labute approximate surface area is 117 Å². The van der Waals surface area contributed by atoms with Crippen LogP contribution in [0, 0.1) is 0 Å². The van der Waals surface area contributed by atoms with Crippen LogP contribution in [0.3, 0.4) is 0 Å². The van der Waals surface area contributed by atoms with E-state index < -0.39 is 17.2 Å². The molecule has 2 rings (SSSR count). The van der Waals surface area contributed by atoms with Gasteiger partial charge in [-0.2, -0.15) is 0 Å². The molecule has 9 heteroatoms. The lowest BCUT2D eigenvalue weighted by Gasteiger charge is -2.05. The van der Waals surface area contributed by atoms with Crippen LogP contribution >= 0.6 is 11.8 Å². The number of H-pyrrole nitrogens is 1. The van der Waals surface area contributed by atoms with Gasteiger partial charge in [0, 0.05) is 13.6 Å². The van der Waals surface area contributed by atoms with Crippen LogP contribution in [-0.4, -0.2) is 35.9 Å². The second kappa shape index (κ2) is 5.53. The number of aryl methyl sites for hydroxylation is 2. The normalized spacial score (nSPS) is 11.1. The second-order valence-electron chi connectivity index (χ2n) is 4.22. The van der Waals surface area contributed by atoms with E-state index in [-0.39, 0.29) is 11.4 Å². The van der Waals surface area contributed by atoms with Crippen molar-refractivity contribution in [2.75, 3.05) is 5.75 Å². The monoisotopic (exact) mass is 298 g/mol. The fourth-order valence-corrected chi connectivity index (χ4v) is 2.62. The van der Waals surface area contributed by atoms with Crippen LogP contribution in [0.25, 0.3) is 11.2 Å². The van der Waals surface area contributed by atoms with Gasteiger partial charge in [0.25, 0.3) is 5.56 Å². The summed E-state index contributed by atoms with van der Waals surface area (Å²) in [6, 6.07) is 0. The summed E-state index contributed by atoms with van der Waals surface area (Å²) in [6.45, 7) is 2.47. The molecule has 108 valence electrons. The first-order valence-corrected chi connectivity index (χ1v) is 6.98. The minimum Gasteiger partial charge on any atom is -0.481 e. The van der Waals surface area contributed by atoms with E-state index in [0.29, 0.717) is 17.2 Å². The van der Waals surface area contributed by atoms with Gasteiger partial charge >= 0.3 is 11.7 Å². The Hall–Kier alpha value is -2.03. The predicted molar refractivity (Wildman–Crippen MR) is 74.2 cm³/mol. The number of carboxylic acid groups (broad SMARTS) is 1. The van der Waals surface area contributed by atoms with Crippen LogP contribution in [0.15, 0.2) is 14.7 Å². The Morgan fingerprint density at radius 1 is 1.45 bits per heavy atom. The number of aliphatic carboxylic acids is 1. The molecule has 0 spiro atoms. The van der Waals surface area contributed by atoms with Crippen LogP contribution in [0.5, 0.6) is 0 Å². The number of carboxylic acids is 1. The molecule has 0 radical (unpaired) electrons. The molecule has 0 bridgehead atoms. The number of nitrogens with zero attached hydrogens (tertiary/aromatic N) is 3. The highest BCUT2D eigenvalue weighted by Gasteiger charge is 2.17. The summed E-state index contributed by atoms with van der Waals surface area (Å²) in [6.07, 6.45) is 0.758. The van der Waals surface area contributed by atoms with Crippen molar-refractivity contribution in [3.63, 3.8) is 0 Å². The van der Waals surface area contributed by atoms with Gasteiger partial charge in [-0.05, 0) is 6.42 Å². The molecule has 0 atom stereocenters. The van der Waals surface area contributed by atoms with Crippen LogP contribution in [0.4, 0.5) is 0 Å². The lowest BCUT2D eigenvalue weighted by atomic mass is 10.4. The smallest absolute Gasteiger partial charge is 0.329 e. The van der Waals surface area contributed by atoms with Gasteiger partial charge in [0.15, 0.2) is 16.3 Å². The predicted octanol–water partition coefficient (Wildman–Crippen LogP) is 0.01000. The number of nitrogens with one attached hydrogen (secondary N) is 1. The Morgan fingerprint density at radius 2 is 2.15 bits per heavy atom. The molecule has 0 amide bonds. The number of hydrogen-bond donors (Lipinski definition) is 2. The quantitative estimate of drug-likeness (QED) is 0.752. The van der Waals surface area contributed by atoms with Crippen LogP contribution in [0.2, 0.25) is 0 Å². The molecule has 0 aliphatic carbocycles. The fraction of sp³-hybridized carbons (Fsp3) is 0.455. The van der Waals surface area contributed by atoms with Crippen molar-refractivity contribution in [3.8, 4) is 0 Å². The third-order valence-electron chi connectivity index (χ3n) is 2.74. The highest BCUT2D eigenvalue weighted by Crippen LogP contribution is 2.21. The van der Waals surface area contributed by atoms with E-state index in [1.165, 1.54) is 11.6 Å². The Balaban J connectivity index is 2.69. The van der Waals surface area contributed by atoms with Crippen LogP contribution < -0.4 is 11.2 Å². The molecule has 2 heterocycles. The molecule has 8 nitrogen and oxygen atoms in total. The molecule has 2 N–H and O–H groups in total. The van der Waals surface area contributed by atoms with Crippen molar-refractivity contribution in [1.29, 1.82) is 0 Å². The maximum atomic E-state index is 11.9. The van der Waals surface area contributed by atoms with E-state index in [9.17, 15) is 14.4 Å². The molecular formula is C11H14N4O4S. The van der Waals surface area contributed by atoms with E-state index in [1.807, 2.05) is 6.92 Å². The highest BCUT2D eigenvalue weighted by atomic mass is 32.2. The molecular weight excluding hydrogens is 284 g/mol. The maximum absolute atomic E-state index is 11.9. The van der Waals surface area contributed by atoms with Crippen molar-refractivity contribution < 1.29 is 9.90 Å². The van der Waals surface area contributed by atoms with Gasteiger partial charge in [-0.1, -0.05) is 18.7 Å². The van der Waals surface area contributed by atoms with Crippen LogP contribution in [0.1, 0.15) is 13.3 Å². The molecule has 0 fully saturated rings. The van der Waals surface area contributed by atoms with Gasteiger partial charge < -0.3 is 9.67 Å². The molecule has 0 saturated heterocycles. The minimum atomic E-state index is -0.965. The third-order valence-corrected chi connectivity index (χ3v) is 3.71. The molecule has 20 heavy (non-hydrogen) atoms. The summed E-state index contributed by atoms with van der Waals surface area (Å²) in [4.78, 5) is 40.6. The number of carbonyl (C=O) groups is 1. The summed E-state index contributed by atoms with van der Waals surface area (Å²) in [5.74, 6) is -1.12. The standard InChI is InChI=1S/C11H14N4O4S/c1-3-4-15-7-8(12-11(15)20-5-6(16)17)14(2)10(19)13-9(7)18/h3-5H2,1-2H3,(H,16,17)(H,13,18,19). The Kier molecular flexibility index (Phi) is 3.98. The first-order valence-electron chi connectivity index (χ1n) is 5.99. The molecule has 0 aliphatic heterocycles. The first kappa shape index (κ1) is 14.4. The van der Waals surface area contributed by atoms with Crippen molar-refractivity contribution in [3.05, 3.63) is 20.8 Å². The van der Waals surface area contributed by atoms with E-state index in [2.05, 4.69) is 9.97 Å². The largest absolute Gasteiger partial charge is 0.481 e. The summed E-state index contributed by atoms with van der Waals surface area (Å²) in [5, 5.41) is 9.17. The number of thioether (sulfide) groups is 1. The Bertz CT molecular complexity index is 773. The minimum absolute atomic E-state index is 0.154. The number of aromatic amines is 1. The maximum Gasteiger partial charge on any atom is 0.329 e. The molecule has 0 saturated carbocycles. The zero-order valence-electron chi connectivity index (χ0n) is 11.0. The zero-order valence-corrected chi connectivity index (χ0v) is 11.9. The van der Waals surface area contributed by atoms with E-state index in [0.717, 1.165) is 18.2 Å². The van der Waals surface area contributed by atoms with E-state index in [1.54, 1.807) is 4.57 Å². The lowest BCUT2D eigenvalue weighted by molar-refractivity contribution is -0.133. The molecule has 0 aliphatic rings. The SMILES string of the molecule is CCCn1c(SCC(=O)O)nc2c1c(=O)[nH]c(=O)n2C. The van der Waals surface area contributed by atoms with Crippen LogP contribution in [-0.2, 0) is 18.4 Å². The topological polar surface area (TPSA) is 110 Å². The molecule has 2 aromatic rings. The molecule has 2 aromatic heterocycles. The number of rotatable bonds is 5. The number of aromatic nitrogens is 4. The summed E-state index contributed by atoms with van der Waals surface area (Å²) in [5.41, 5.74) is -0.494. The summed E-state index contributed by atoms with van der Waals surface area (Å²) >= 11 is 1.03. The Morgan fingerprint density at radius 3 is 2.75 bits per heavy atom. The zero-order chi connectivity index (χ0) is 14.9. The highest BCUT2D eigenvalue weighted by molar-refractivity contribution is 7.99. The van der Waals surface area contributed by atoms with Gasteiger partial charge in [0.1, 0.15) is 0 Å². The van der Waals surface area contributed by atoms with Crippen molar-refractivity contribution in [2.24, 2.45) is 7.05 Å². The number of fused-ring (bicyclic) bond motifs is 1. The second-order valence-corrected chi connectivity index (χ2v) is 5.16. The fourth-order valence-electron chi connectivity index (χ4n) is 1.88. The molecule has 0 aromatic carbocycles. The van der Waals surface area contributed by atoms with Gasteiger partial charge in [0.05, 0.1) is 5.75 Å². The number of imidazole rings is 1. The van der Waals surface area contributed by atoms with Gasteiger partial charge in [-0.15, -0.1) is 0 Å². The van der Waals surface area contributed by atoms with Gasteiger partial charge in [-0.3, -0.25) is 19.1 Å². The van der Waals surface area contributed by atoms with Gasteiger partial charge in [-0.25, -0.2) is 9.78 Å². The van der Waals surface area contributed by atoms with Crippen molar-refractivity contribution in [1.82, 2.24) is 19.1 Å². The third kappa shape index (κ3) is 2.48. The average molecular weight is 298 g/mol. The van der Waals surface area contributed by atoms with Crippen molar-refractivity contribution >= 4 is 28.9 Å². The number of hydrogen-bond acceptors (Lipinski definition) is 5. The first-order chi connectivity index (χ1) is 9.45. The summed E-state index contributed by atoms with van der Waals surface area (Å²) < 4.78 is 2.90. The average Bonchev–Trinajstić information content (AvgIpc) is 2.74. The molecule has 0 unspecified atom stereocenters. The summed E-state index contributed by atoms with van der Waals surface area (Å²) in [7, 11) is 1.51. The van der Waals surface area contributed by atoms with Crippen molar-refractivity contribution in [2.45, 2.75) is 25.0 Å². The van der Waals surface area contributed by atoms with Gasteiger partial charge in [0.2, 0.25) is 0 Å².